The van der Waals surface area contributed by atoms with E-state index in [0.29, 0.717) is 24.5 Å². The van der Waals surface area contributed by atoms with E-state index in [1.54, 1.807) is 25.3 Å². The van der Waals surface area contributed by atoms with Crippen molar-refractivity contribution in [3.8, 4) is 5.75 Å². The van der Waals surface area contributed by atoms with Crippen molar-refractivity contribution in [3.63, 3.8) is 0 Å². The molecule has 0 radical (unpaired) electrons. The van der Waals surface area contributed by atoms with Gasteiger partial charge in [0.25, 0.3) is 11.7 Å². The number of fused-ring (bicyclic) bond motifs is 1. The van der Waals surface area contributed by atoms with Crippen molar-refractivity contribution in [1.29, 1.82) is 0 Å². The highest BCUT2D eigenvalue weighted by Gasteiger charge is 2.47. The summed E-state index contributed by atoms with van der Waals surface area (Å²) in [6.07, 6.45) is 1.65. The second-order valence-electron chi connectivity index (χ2n) is 8.42. The molecule has 1 amide bonds. The SMILES string of the molecule is COc1ccc(C2/C(=C(/O)c3ccc4ccccc4c3)C(=O)C(=O)N2CC2CCCO2)cc1. The van der Waals surface area contributed by atoms with Crippen LogP contribution in [0.5, 0.6) is 5.75 Å². The highest BCUT2D eigenvalue weighted by molar-refractivity contribution is 6.46. The largest absolute Gasteiger partial charge is 0.507 e. The Bertz CT molecular complexity index is 1240. The molecule has 0 aliphatic carbocycles. The van der Waals surface area contributed by atoms with Crippen molar-refractivity contribution in [1.82, 2.24) is 4.90 Å². The summed E-state index contributed by atoms with van der Waals surface area (Å²) in [7, 11) is 1.58. The van der Waals surface area contributed by atoms with Gasteiger partial charge in [0.15, 0.2) is 0 Å². The number of ether oxygens (including phenoxy) is 2. The number of methoxy groups -OCH3 is 1. The van der Waals surface area contributed by atoms with Gasteiger partial charge in [0, 0.05) is 18.7 Å². The summed E-state index contributed by atoms with van der Waals surface area (Å²) in [6, 6.07) is 19.8. The van der Waals surface area contributed by atoms with Crippen LogP contribution in [0.4, 0.5) is 0 Å². The highest BCUT2D eigenvalue weighted by atomic mass is 16.5. The molecule has 0 aromatic heterocycles. The van der Waals surface area contributed by atoms with Gasteiger partial charge in [0.1, 0.15) is 11.5 Å². The van der Waals surface area contributed by atoms with Crippen molar-refractivity contribution in [2.45, 2.75) is 25.0 Å². The van der Waals surface area contributed by atoms with Gasteiger partial charge in [0.2, 0.25) is 0 Å². The van der Waals surface area contributed by atoms with Gasteiger partial charge in [-0.25, -0.2) is 0 Å². The molecule has 0 spiro atoms. The number of rotatable bonds is 5. The third kappa shape index (κ3) is 3.87. The van der Waals surface area contributed by atoms with Gasteiger partial charge in [-0.2, -0.15) is 0 Å². The number of carbonyl (C=O) groups excluding carboxylic acids is 2. The highest BCUT2D eigenvalue weighted by Crippen LogP contribution is 2.40. The van der Waals surface area contributed by atoms with E-state index in [-0.39, 0.29) is 17.4 Å². The van der Waals surface area contributed by atoms with E-state index in [4.69, 9.17) is 9.47 Å². The van der Waals surface area contributed by atoms with E-state index in [1.165, 1.54) is 4.90 Å². The molecule has 2 unspecified atom stereocenters. The Morgan fingerprint density at radius 3 is 2.52 bits per heavy atom. The van der Waals surface area contributed by atoms with Gasteiger partial charge in [-0.05, 0) is 47.4 Å². The molecule has 2 heterocycles. The normalized spacial score (nSPS) is 22.3. The van der Waals surface area contributed by atoms with Crippen LogP contribution in [0.15, 0.2) is 72.3 Å². The number of amides is 1. The number of nitrogens with zero attached hydrogens (tertiary/aromatic N) is 1. The van der Waals surface area contributed by atoms with E-state index in [9.17, 15) is 14.7 Å². The van der Waals surface area contributed by atoms with Crippen molar-refractivity contribution in [3.05, 3.63) is 83.4 Å². The second kappa shape index (κ2) is 8.71. The molecule has 5 rings (SSSR count). The number of Topliss-reactive ketones (excluding diaryl/α,β-unsaturated/α-hetero) is 1. The third-order valence-corrected chi connectivity index (χ3v) is 6.42. The van der Waals surface area contributed by atoms with Crippen molar-refractivity contribution in [2.24, 2.45) is 0 Å². The van der Waals surface area contributed by atoms with Crippen LogP contribution in [0.2, 0.25) is 0 Å². The number of carbonyl (C=O) groups is 2. The number of likely N-dealkylation sites (tertiary alicyclic amines) is 1. The van der Waals surface area contributed by atoms with Gasteiger partial charge in [-0.15, -0.1) is 0 Å². The van der Waals surface area contributed by atoms with Crippen molar-refractivity contribution < 1.29 is 24.2 Å². The Kier molecular flexibility index (Phi) is 5.60. The standard InChI is InChI=1S/C27H25NO5/c1-32-21-12-10-18(11-13-21)24-23(26(30)27(31)28(24)16-22-7-4-14-33-22)25(29)20-9-8-17-5-2-3-6-19(17)15-20/h2-3,5-6,8-13,15,22,24,29H,4,7,14,16H2,1H3/b25-23-. The molecule has 2 aliphatic heterocycles. The summed E-state index contributed by atoms with van der Waals surface area (Å²) in [6.45, 7) is 0.953. The number of aliphatic hydroxyl groups is 1. The summed E-state index contributed by atoms with van der Waals surface area (Å²) >= 11 is 0. The molecule has 0 bridgehead atoms. The molecule has 2 saturated heterocycles. The number of hydrogen-bond acceptors (Lipinski definition) is 5. The lowest BCUT2D eigenvalue weighted by Gasteiger charge is -2.27. The summed E-state index contributed by atoms with van der Waals surface area (Å²) in [4.78, 5) is 27.8. The van der Waals surface area contributed by atoms with Gasteiger partial charge in [-0.3, -0.25) is 9.59 Å². The van der Waals surface area contributed by atoms with Crippen LogP contribution >= 0.6 is 0 Å². The van der Waals surface area contributed by atoms with Gasteiger partial charge in [-0.1, -0.05) is 48.5 Å². The molecule has 0 saturated carbocycles. The maximum absolute atomic E-state index is 13.2. The Balaban J connectivity index is 1.62. The maximum atomic E-state index is 13.2. The lowest BCUT2D eigenvalue weighted by molar-refractivity contribution is -0.140. The Hall–Kier alpha value is -3.64. The zero-order valence-electron chi connectivity index (χ0n) is 18.4. The Morgan fingerprint density at radius 1 is 1.06 bits per heavy atom. The minimum Gasteiger partial charge on any atom is -0.507 e. The Labute approximate surface area is 192 Å². The van der Waals surface area contributed by atoms with Crippen LogP contribution in [-0.4, -0.2) is 48.1 Å². The molecule has 168 valence electrons. The molecule has 1 N–H and O–H groups in total. The van der Waals surface area contributed by atoms with Crippen molar-refractivity contribution >= 4 is 28.2 Å². The molecule has 2 fully saturated rings. The first-order valence-electron chi connectivity index (χ1n) is 11.1. The Morgan fingerprint density at radius 2 is 1.82 bits per heavy atom. The molecule has 2 aliphatic rings. The van der Waals surface area contributed by atoms with E-state index >= 15 is 0 Å². The zero-order chi connectivity index (χ0) is 22.9. The molecule has 33 heavy (non-hydrogen) atoms. The van der Waals surface area contributed by atoms with E-state index in [0.717, 1.165) is 29.2 Å². The van der Waals surface area contributed by atoms with Crippen LogP contribution in [0.3, 0.4) is 0 Å². The van der Waals surface area contributed by atoms with Crippen LogP contribution < -0.4 is 4.74 Å². The van der Waals surface area contributed by atoms with E-state index < -0.39 is 17.7 Å². The van der Waals surface area contributed by atoms with E-state index in [2.05, 4.69) is 0 Å². The second-order valence-corrected chi connectivity index (χ2v) is 8.42. The first-order valence-corrected chi connectivity index (χ1v) is 11.1. The quantitative estimate of drug-likeness (QED) is 0.358. The van der Waals surface area contributed by atoms with Gasteiger partial charge in [0.05, 0.1) is 24.8 Å². The minimum absolute atomic E-state index is 0.0958. The van der Waals surface area contributed by atoms with Crippen LogP contribution in [0, 0.1) is 0 Å². The maximum Gasteiger partial charge on any atom is 0.295 e. The van der Waals surface area contributed by atoms with Crippen LogP contribution in [0.25, 0.3) is 16.5 Å². The number of aliphatic hydroxyl groups excluding tert-OH is 1. The minimum atomic E-state index is -0.702. The number of ketones is 1. The van der Waals surface area contributed by atoms with Crippen LogP contribution in [-0.2, 0) is 14.3 Å². The van der Waals surface area contributed by atoms with Gasteiger partial charge >= 0.3 is 0 Å². The average molecular weight is 443 g/mol. The number of benzene rings is 3. The fourth-order valence-corrected chi connectivity index (χ4v) is 4.70. The first-order chi connectivity index (χ1) is 16.1. The fourth-order valence-electron chi connectivity index (χ4n) is 4.70. The number of hydrogen-bond donors (Lipinski definition) is 1. The monoisotopic (exact) mass is 443 g/mol. The summed E-state index contributed by atoms with van der Waals surface area (Å²) in [5.74, 6) is -0.799. The van der Waals surface area contributed by atoms with Crippen LogP contribution in [0.1, 0.15) is 30.0 Å². The predicted octanol–water partition coefficient (Wildman–Crippen LogP) is 4.45. The summed E-state index contributed by atoms with van der Waals surface area (Å²) in [5, 5.41) is 13.3. The molecule has 6 heteroatoms. The first kappa shape index (κ1) is 21.2. The summed E-state index contributed by atoms with van der Waals surface area (Å²) in [5.41, 5.74) is 1.33. The molecule has 3 aromatic carbocycles. The van der Waals surface area contributed by atoms with Crippen molar-refractivity contribution in [2.75, 3.05) is 20.3 Å². The topological polar surface area (TPSA) is 76.1 Å². The predicted molar refractivity (Wildman–Crippen MR) is 125 cm³/mol. The summed E-state index contributed by atoms with van der Waals surface area (Å²) < 4.78 is 11.0. The molecular weight excluding hydrogens is 418 g/mol. The average Bonchev–Trinajstić information content (AvgIpc) is 3.46. The lowest BCUT2D eigenvalue weighted by atomic mass is 9.94. The lowest BCUT2D eigenvalue weighted by Crippen LogP contribution is -2.36. The fraction of sp³-hybridized carbons (Fsp3) is 0.259. The molecular formula is C27H25NO5. The zero-order valence-corrected chi connectivity index (χ0v) is 18.4. The molecule has 2 atom stereocenters. The smallest absolute Gasteiger partial charge is 0.295 e. The third-order valence-electron chi connectivity index (χ3n) is 6.42. The van der Waals surface area contributed by atoms with Gasteiger partial charge < -0.3 is 19.5 Å². The van der Waals surface area contributed by atoms with E-state index in [1.807, 2.05) is 48.5 Å². The molecule has 3 aromatic rings. The molecule has 6 nitrogen and oxygen atoms in total.